The summed E-state index contributed by atoms with van der Waals surface area (Å²) in [7, 11) is 3.26. The van der Waals surface area contributed by atoms with E-state index < -0.39 is 7.60 Å². The van der Waals surface area contributed by atoms with Gasteiger partial charge in [0.25, 0.3) is 0 Å². The Morgan fingerprint density at radius 3 is 1.63 bits per heavy atom. The lowest BCUT2D eigenvalue weighted by molar-refractivity contribution is 0.193. The van der Waals surface area contributed by atoms with Crippen molar-refractivity contribution in [2.45, 2.75) is 80.6 Å². The first kappa shape index (κ1) is 36.9. The highest BCUT2D eigenvalue weighted by Gasteiger charge is 2.19. The number of ether oxygens (including phenoxy) is 2. The van der Waals surface area contributed by atoms with E-state index >= 15 is 0 Å². The monoisotopic (exact) mass is 453 g/mol. The quantitative estimate of drug-likeness (QED) is 0.217. The molecule has 0 aliphatic heterocycles. The summed E-state index contributed by atoms with van der Waals surface area (Å²) in [4.78, 5) is 0. The molecule has 0 rings (SSSR count). The van der Waals surface area contributed by atoms with E-state index in [1.54, 1.807) is 14.2 Å². The first-order chi connectivity index (χ1) is 14.1. The van der Waals surface area contributed by atoms with Gasteiger partial charge in [0.05, 0.1) is 25.3 Å². The Morgan fingerprint density at radius 2 is 1.33 bits per heavy atom. The molecular formula is C23H52NO5P. The van der Waals surface area contributed by atoms with Gasteiger partial charge in [0, 0.05) is 35.0 Å². The highest BCUT2D eigenvalue weighted by atomic mass is 31.2. The first-order valence-corrected chi connectivity index (χ1v) is 12.9. The minimum Gasteiger partial charge on any atom is -0.385 e. The van der Waals surface area contributed by atoms with Gasteiger partial charge in [-0.25, -0.2) is 0 Å². The maximum absolute atomic E-state index is 11.4. The second kappa shape index (κ2) is 28.6. The average Bonchev–Trinajstić information content (AvgIpc) is 2.75. The van der Waals surface area contributed by atoms with E-state index in [1.165, 1.54) is 27.1 Å². The molecule has 0 aromatic carbocycles. The predicted molar refractivity (Wildman–Crippen MR) is 129 cm³/mol. The largest absolute Gasteiger partial charge is 0.385 e. The molecule has 6 nitrogen and oxygen atoms in total. The summed E-state index contributed by atoms with van der Waals surface area (Å²) in [6, 6.07) is 1.94. The van der Waals surface area contributed by atoms with Gasteiger partial charge in [-0.15, -0.1) is 0 Å². The van der Waals surface area contributed by atoms with E-state index in [0.717, 1.165) is 30.6 Å². The zero-order valence-electron chi connectivity index (χ0n) is 21.8. The Morgan fingerprint density at radius 1 is 0.833 bits per heavy atom. The number of hydrogen-bond acceptors (Lipinski definition) is 6. The third-order valence-corrected chi connectivity index (χ3v) is 6.32. The Kier molecular flexibility index (Phi) is 35.1. The van der Waals surface area contributed by atoms with Gasteiger partial charge >= 0.3 is 7.60 Å². The van der Waals surface area contributed by atoms with Crippen LogP contribution in [0.15, 0.2) is 0 Å². The van der Waals surface area contributed by atoms with Gasteiger partial charge in [0.2, 0.25) is 0 Å². The summed E-state index contributed by atoms with van der Waals surface area (Å²) >= 11 is 0. The molecule has 0 saturated heterocycles. The van der Waals surface area contributed by atoms with E-state index in [1.807, 2.05) is 19.9 Å². The van der Waals surface area contributed by atoms with Gasteiger partial charge < -0.3 is 18.5 Å². The third-order valence-electron chi connectivity index (χ3n) is 4.34. The third kappa shape index (κ3) is 32.2. The van der Waals surface area contributed by atoms with Crippen molar-refractivity contribution in [1.29, 1.82) is 5.26 Å². The molecule has 30 heavy (non-hydrogen) atoms. The van der Waals surface area contributed by atoms with Crippen LogP contribution in [0, 0.1) is 29.1 Å². The Hall–Kier alpha value is -0.440. The molecule has 0 saturated carbocycles. The summed E-state index contributed by atoms with van der Waals surface area (Å²) in [5.41, 5.74) is 0. The van der Waals surface area contributed by atoms with Crippen molar-refractivity contribution < 1.29 is 23.1 Å². The van der Waals surface area contributed by atoms with Crippen LogP contribution < -0.4 is 0 Å². The van der Waals surface area contributed by atoms with Gasteiger partial charge in [-0.3, -0.25) is 4.57 Å². The van der Waals surface area contributed by atoms with Gasteiger partial charge in [0.15, 0.2) is 0 Å². The molecule has 0 fully saturated rings. The lowest BCUT2D eigenvalue weighted by Crippen LogP contribution is -2.04. The van der Waals surface area contributed by atoms with Crippen molar-refractivity contribution in [3.8, 4) is 6.07 Å². The van der Waals surface area contributed by atoms with Crippen molar-refractivity contribution >= 4 is 7.60 Å². The molecule has 0 heterocycles. The molecule has 0 aliphatic carbocycles. The highest BCUT2D eigenvalue weighted by molar-refractivity contribution is 7.53. The summed E-state index contributed by atoms with van der Waals surface area (Å²) in [5.74, 6) is 2.64. The standard InChI is InChI=1S/C10H22.C7H17O4P.C4H7NO.C2H6/c1-8(2)6-7-10(5)9(3)4;1-9-6-4-5-7-12(8,10-2)11-3;1-6-4-2-3-5;1-2/h8-10H,6-7H2,1-5H3;4-7H2,1-3H3;2,4H2,1H3;1-2H3. The molecule has 0 amide bonds. The SMILES string of the molecule is CC.CC(C)CCC(C)C(C)C.COCCC#N.COCCCCP(=O)(OC)OC. The predicted octanol–water partition coefficient (Wildman–Crippen LogP) is 7.19. The van der Waals surface area contributed by atoms with Gasteiger partial charge in [0.1, 0.15) is 0 Å². The van der Waals surface area contributed by atoms with Crippen LogP contribution in [0.3, 0.4) is 0 Å². The normalized spacial score (nSPS) is 11.3. The molecule has 0 bridgehead atoms. The zero-order valence-corrected chi connectivity index (χ0v) is 22.7. The van der Waals surface area contributed by atoms with Crippen LogP contribution in [-0.2, 0) is 23.1 Å². The summed E-state index contributed by atoms with van der Waals surface area (Å²) in [5, 5.41) is 7.87. The fraction of sp³-hybridized carbons (Fsp3) is 0.957. The minimum absolute atomic E-state index is 0.462. The van der Waals surface area contributed by atoms with Crippen molar-refractivity contribution in [1.82, 2.24) is 0 Å². The maximum atomic E-state index is 11.4. The van der Waals surface area contributed by atoms with E-state index in [-0.39, 0.29) is 0 Å². The van der Waals surface area contributed by atoms with Gasteiger partial charge in [-0.2, -0.15) is 5.26 Å². The molecule has 0 aromatic rings. The van der Waals surface area contributed by atoms with Crippen LogP contribution >= 0.6 is 7.60 Å². The topological polar surface area (TPSA) is 77.8 Å². The Labute approximate surface area is 188 Å². The lowest BCUT2D eigenvalue weighted by Gasteiger charge is -2.15. The van der Waals surface area contributed by atoms with Crippen LogP contribution in [0.25, 0.3) is 0 Å². The number of nitrogens with zero attached hydrogens (tertiary/aromatic N) is 1. The lowest BCUT2D eigenvalue weighted by atomic mass is 9.91. The summed E-state index contributed by atoms with van der Waals surface area (Å²) < 4.78 is 30.4. The second-order valence-corrected chi connectivity index (χ2v) is 9.89. The molecule has 0 radical (unpaired) electrons. The van der Waals surface area contributed by atoms with Gasteiger partial charge in [-0.05, 0) is 30.6 Å². The number of nitriles is 1. The molecule has 0 spiro atoms. The number of unbranched alkanes of at least 4 members (excludes halogenated alkanes) is 1. The number of rotatable bonds is 13. The number of hydrogen-bond donors (Lipinski definition) is 0. The number of methoxy groups -OCH3 is 2. The maximum Gasteiger partial charge on any atom is 0.330 e. The zero-order chi connectivity index (χ0) is 24.4. The fourth-order valence-corrected chi connectivity index (χ4v) is 3.01. The molecule has 7 heteroatoms. The summed E-state index contributed by atoms with van der Waals surface area (Å²) in [6.07, 6.45) is 5.43. The van der Waals surface area contributed by atoms with Crippen molar-refractivity contribution in [2.75, 3.05) is 47.8 Å². The van der Waals surface area contributed by atoms with E-state index in [9.17, 15) is 4.57 Å². The van der Waals surface area contributed by atoms with Crippen molar-refractivity contribution in [3.63, 3.8) is 0 Å². The minimum atomic E-state index is -2.78. The summed E-state index contributed by atoms with van der Waals surface area (Å²) in [6.45, 7) is 16.8. The average molecular weight is 454 g/mol. The molecule has 1 atom stereocenters. The first-order valence-electron chi connectivity index (χ1n) is 11.2. The van der Waals surface area contributed by atoms with E-state index in [2.05, 4.69) is 39.4 Å². The van der Waals surface area contributed by atoms with Crippen LogP contribution in [0.2, 0.25) is 0 Å². The highest BCUT2D eigenvalue weighted by Crippen LogP contribution is 2.46. The molecule has 0 aliphatic rings. The van der Waals surface area contributed by atoms with Crippen LogP contribution in [-0.4, -0.2) is 47.8 Å². The Bertz CT molecular complexity index is 390. The molecule has 0 aromatic heterocycles. The van der Waals surface area contributed by atoms with Crippen LogP contribution in [0.5, 0.6) is 0 Å². The van der Waals surface area contributed by atoms with Crippen LogP contribution in [0.4, 0.5) is 0 Å². The molecule has 184 valence electrons. The van der Waals surface area contributed by atoms with Crippen molar-refractivity contribution in [3.05, 3.63) is 0 Å². The Balaban J connectivity index is -0.000000170. The van der Waals surface area contributed by atoms with E-state index in [4.69, 9.17) is 19.0 Å². The van der Waals surface area contributed by atoms with Gasteiger partial charge in [-0.1, -0.05) is 61.3 Å². The molecule has 0 N–H and O–H groups in total. The van der Waals surface area contributed by atoms with E-state index in [0.29, 0.717) is 25.8 Å². The fourth-order valence-electron chi connectivity index (χ4n) is 1.89. The van der Waals surface area contributed by atoms with Crippen molar-refractivity contribution in [2.24, 2.45) is 17.8 Å². The molecule has 1 unspecified atom stereocenters. The smallest absolute Gasteiger partial charge is 0.330 e. The second-order valence-electron chi connectivity index (χ2n) is 7.49. The van der Waals surface area contributed by atoms with Crippen LogP contribution in [0.1, 0.15) is 80.6 Å². The molecular weight excluding hydrogens is 401 g/mol.